The Bertz CT molecular complexity index is 779. The molecule has 2 N–H and O–H groups in total. The van der Waals surface area contributed by atoms with Crippen molar-refractivity contribution >= 4 is 35.2 Å². The van der Waals surface area contributed by atoms with Crippen molar-refractivity contribution in [3.8, 4) is 6.07 Å². The van der Waals surface area contributed by atoms with E-state index in [4.69, 9.17) is 11.6 Å². The summed E-state index contributed by atoms with van der Waals surface area (Å²) in [6, 6.07) is 9.65. The number of allylic oxidation sites excluding steroid dienone is 1. The normalized spacial score (nSPS) is 20.7. The second-order valence-corrected chi connectivity index (χ2v) is 8.32. The van der Waals surface area contributed by atoms with Gasteiger partial charge in [0.05, 0.1) is 22.4 Å². The van der Waals surface area contributed by atoms with Crippen LogP contribution >= 0.6 is 23.4 Å². The third kappa shape index (κ3) is 5.27. The maximum atomic E-state index is 12.3. The van der Waals surface area contributed by atoms with E-state index >= 15 is 0 Å². The summed E-state index contributed by atoms with van der Waals surface area (Å²) in [6.07, 6.45) is 5.80. The second kappa shape index (κ2) is 9.29. The van der Waals surface area contributed by atoms with Gasteiger partial charge in [0.25, 0.3) is 0 Å². The molecule has 0 saturated heterocycles. The minimum Gasteiger partial charge on any atom is -0.353 e. The SMILES string of the molecule is N#CC1=C(SCC(=O)NC2CCCCC2)NC(=O)CC1c1ccc(Cl)cc1. The lowest BCUT2D eigenvalue weighted by molar-refractivity contribution is -0.121. The molecule has 1 saturated carbocycles. The monoisotopic (exact) mass is 403 g/mol. The van der Waals surface area contributed by atoms with Gasteiger partial charge in [-0.25, -0.2) is 0 Å². The van der Waals surface area contributed by atoms with Gasteiger partial charge in [0.1, 0.15) is 0 Å². The van der Waals surface area contributed by atoms with Crippen LogP contribution in [0.4, 0.5) is 0 Å². The van der Waals surface area contributed by atoms with Gasteiger partial charge in [-0.15, -0.1) is 0 Å². The fourth-order valence-electron chi connectivity index (χ4n) is 3.57. The number of hydrogen-bond acceptors (Lipinski definition) is 4. The van der Waals surface area contributed by atoms with Crippen LogP contribution in [-0.4, -0.2) is 23.6 Å². The fraction of sp³-hybridized carbons (Fsp3) is 0.450. The molecule has 1 aliphatic heterocycles. The molecule has 2 amide bonds. The van der Waals surface area contributed by atoms with Crippen molar-refractivity contribution < 1.29 is 9.59 Å². The molecule has 3 rings (SSSR count). The number of hydrogen-bond donors (Lipinski definition) is 2. The Morgan fingerprint density at radius 2 is 1.96 bits per heavy atom. The topological polar surface area (TPSA) is 82.0 Å². The molecule has 1 unspecified atom stereocenters. The summed E-state index contributed by atoms with van der Waals surface area (Å²) in [6.45, 7) is 0. The van der Waals surface area contributed by atoms with E-state index in [-0.39, 0.29) is 35.9 Å². The summed E-state index contributed by atoms with van der Waals surface area (Å²) < 4.78 is 0. The Labute approximate surface area is 168 Å². The molecule has 1 aromatic carbocycles. The molecule has 0 aromatic heterocycles. The predicted molar refractivity (Wildman–Crippen MR) is 107 cm³/mol. The van der Waals surface area contributed by atoms with E-state index in [1.165, 1.54) is 18.2 Å². The maximum absolute atomic E-state index is 12.3. The Hall–Kier alpha value is -1.97. The lowest BCUT2D eigenvalue weighted by Crippen LogP contribution is -2.38. The van der Waals surface area contributed by atoms with Gasteiger partial charge in [-0.3, -0.25) is 9.59 Å². The van der Waals surface area contributed by atoms with Gasteiger partial charge in [0, 0.05) is 23.4 Å². The number of halogens is 1. The highest BCUT2D eigenvalue weighted by molar-refractivity contribution is 8.03. The fourth-order valence-corrected chi connectivity index (χ4v) is 4.58. The lowest BCUT2D eigenvalue weighted by Gasteiger charge is -2.26. The molecule has 1 aromatic rings. The van der Waals surface area contributed by atoms with Crippen LogP contribution in [0.3, 0.4) is 0 Å². The molecule has 1 fully saturated rings. The van der Waals surface area contributed by atoms with Gasteiger partial charge in [-0.1, -0.05) is 54.8 Å². The Morgan fingerprint density at radius 1 is 1.26 bits per heavy atom. The van der Waals surface area contributed by atoms with Crippen LogP contribution in [0, 0.1) is 11.3 Å². The lowest BCUT2D eigenvalue weighted by atomic mass is 9.87. The molecule has 142 valence electrons. The van der Waals surface area contributed by atoms with E-state index < -0.39 is 0 Å². The van der Waals surface area contributed by atoms with E-state index in [1.54, 1.807) is 12.1 Å². The van der Waals surface area contributed by atoms with E-state index in [0.717, 1.165) is 31.2 Å². The first-order valence-electron chi connectivity index (χ1n) is 9.18. The first-order chi connectivity index (χ1) is 13.1. The van der Waals surface area contributed by atoms with Gasteiger partial charge in [0.15, 0.2) is 0 Å². The molecule has 7 heteroatoms. The van der Waals surface area contributed by atoms with Crippen LogP contribution in [0.15, 0.2) is 34.9 Å². The van der Waals surface area contributed by atoms with E-state index in [0.29, 0.717) is 15.6 Å². The standard InChI is InChI=1S/C20H22ClN3O2S/c21-14-8-6-13(7-9-14)16-10-18(25)24-20(17(16)11-22)27-12-19(26)23-15-4-2-1-3-5-15/h6-9,15-16H,1-5,10,12H2,(H,23,26)(H,24,25). The average molecular weight is 404 g/mol. The first-order valence-corrected chi connectivity index (χ1v) is 10.5. The quantitative estimate of drug-likeness (QED) is 0.782. The van der Waals surface area contributed by atoms with Crippen LogP contribution in [0.2, 0.25) is 5.02 Å². The summed E-state index contributed by atoms with van der Waals surface area (Å²) in [7, 11) is 0. The zero-order valence-electron chi connectivity index (χ0n) is 15.0. The van der Waals surface area contributed by atoms with E-state index in [9.17, 15) is 14.9 Å². The summed E-state index contributed by atoms with van der Waals surface area (Å²) in [4.78, 5) is 24.4. The van der Waals surface area contributed by atoms with Gasteiger partial charge in [-0.05, 0) is 30.5 Å². The van der Waals surface area contributed by atoms with Crippen LogP contribution in [0.25, 0.3) is 0 Å². The first kappa shape index (κ1) is 19.8. The smallest absolute Gasteiger partial charge is 0.230 e. The van der Waals surface area contributed by atoms with Crippen molar-refractivity contribution in [3.63, 3.8) is 0 Å². The average Bonchev–Trinajstić information content (AvgIpc) is 2.67. The second-order valence-electron chi connectivity index (χ2n) is 6.90. The number of carbonyl (C=O) groups is 2. The summed E-state index contributed by atoms with van der Waals surface area (Å²) >= 11 is 7.16. The van der Waals surface area contributed by atoms with Crippen molar-refractivity contribution in [1.82, 2.24) is 10.6 Å². The largest absolute Gasteiger partial charge is 0.353 e. The summed E-state index contributed by atoms with van der Waals surface area (Å²) in [5, 5.41) is 16.6. The molecule has 1 heterocycles. The van der Waals surface area contributed by atoms with E-state index in [1.807, 2.05) is 12.1 Å². The molecular weight excluding hydrogens is 382 g/mol. The van der Waals surface area contributed by atoms with Crippen LogP contribution in [0.1, 0.15) is 50.0 Å². The number of nitrogens with zero attached hydrogens (tertiary/aromatic N) is 1. The molecule has 1 aliphatic carbocycles. The third-order valence-corrected chi connectivity index (χ3v) is 6.22. The molecule has 27 heavy (non-hydrogen) atoms. The summed E-state index contributed by atoms with van der Waals surface area (Å²) in [5.74, 6) is -0.335. The van der Waals surface area contributed by atoms with Crippen molar-refractivity contribution in [2.45, 2.75) is 50.5 Å². The zero-order valence-corrected chi connectivity index (χ0v) is 16.5. The number of benzene rings is 1. The Balaban J connectivity index is 1.69. The number of nitrogens with one attached hydrogen (secondary N) is 2. The van der Waals surface area contributed by atoms with Crippen LogP contribution in [-0.2, 0) is 9.59 Å². The number of nitriles is 1. The minimum atomic E-state index is -0.315. The number of amides is 2. The van der Waals surface area contributed by atoms with Crippen molar-refractivity contribution in [3.05, 3.63) is 45.5 Å². The predicted octanol–water partition coefficient (Wildman–Crippen LogP) is 3.86. The highest BCUT2D eigenvalue weighted by Gasteiger charge is 2.30. The highest BCUT2D eigenvalue weighted by Crippen LogP contribution is 2.36. The third-order valence-electron chi connectivity index (χ3n) is 4.95. The van der Waals surface area contributed by atoms with Crippen LogP contribution < -0.4 is 10.6 Å². The Morgan fingerprint density at radius 3 is 2.63 bits per heavy atom. The zero-order chi connectivity index (χ0) is 19.2. The molecule has 2 aliphatic rings. The van der Waals surface area contributed by atoms with Crippen molar-refractivity contribution in [2.24, 2.45) is 0 Å². The van der Waals surface area contributed by atoms with Gasteiger partial charge in [-0.2, -0.15) is 5.26 Å². The highest BCUT2D eigenvalue weighted by atomic mass is 35.5. The molecule has 0 radical (unpaired) electrons. The molecule has 5 nitrogen and oxygen atoms in total. The number of thioether (sulfide) groups is 1. The molecular formula is C20H22ClN3O2S. The molecule has 0 spiro atoms. The van der Waals surface area contributed by atoms with Crippen LogP contribution in [0.5, 0.6) is 0 Å². The van der Waals surface area contributed by atoms with Gasteiger partial charge >= 0.3 is 0 Å². The van der Waals surface area contributed by atoms with Gasteiger partial charge < -0.3 is 10.6 Å². The Kier molecular flexibility index (Phi) is 6.81. The maximum Gasteiger partial charge on any atom is 0.230 e. The van der Waals surface area contributed by atoms with Crippen molar-refractivity contribution in [1.29, 1.82) is 5.26 Å². The number of rotatable bonds is 5. The molecule has 0 bridgehead atoms. The minimum absolute atomic E-state index is 0.0560. The summed E-state index contributed by atoms with van der Waals surface area (Å²) in [5.41, 5.74) is 1.36. The van der Waals surface area contributed by atoms with E-state index in [2.05, 4.69) is 16.7 Å². The molecule has 1 atom stereocenters. The van der Waals surface area contributed by atoms with Gasteiger partial charge in [0.2, 0.25) is 11.8 Å². The van der Waals surface area contributed by atoms with Crippen molar-refractivity contribution in [2.75, 3.05) is 5.75 Å². The number of carbonyl (C=O) groups excluding carboxylic acids is 2.